The van der Waals surface area contributed by atoms with Crippen LogP contribution in [0.15, 0.2) is 0 Å². The van der Waals surface area contributed by atoms with Crippen molar-refractivity contribution in [2.45, 2.75) is 38.5 Å². The van der Waals surface area contributed by atoms with Crippen molar-refractivity contribution in [1.82, 2.24) is 0 Å². The molecule has 0 radical (unpaired) electrons. The SMILES string of the molecule is NCCCCC(=O)OCCOC(=O)CCCCN. The van der Waals surface area contributed by atoms with Crippen LogP contribution in [0, 0.1) is 0 Å². The molecule has 0 aromatic heterocycles. The Morgan fingerprint density at radius 1 is 0.722 bits per heavy atom. The number of esters is 2. The Hall–Kier alpha value is -1.14. The van der Waals surface area contributed by atoms with E-state index in [0.29, 0.717) is 25.9 Å². The minimum Gasteiger partial charge on any atom is -0.462 e. The van der Waals surface area contributed by atoms with Gasteiger partial charge in [0.1, 0.15) is 13.2 Å². The number of hydrogen-bond donors (Lipinski definition) is 2. The van der Waals surface area contributed by atoms with Crippen molar-refractivity contribution in [3.05, 3.63) is 0 Å². The lowest BCUT2D eigenvalue weighted by molar-refractivity contribution is -0.152. The van der Waals surface area contributed by atoms with Gasteiger partial charge in [-0.1, -0.05) is 0 Å². The molecule has 6 nitrogen and oxygen atoms in total. The highest BCUT2D eigenvalue weighted by Gasteiger charge is 2.04. The van der Waals surface area contributed by atoms with Gasteiger partial charge in [0.2, 0.25) is 0 Å². The van der Waals surface area contributed by atoms with E-state index in [0.717, 1.165) is 25.7 Å². The second-order valence-electron chi connectivity index (χ2n) is 3.93. The van der Waals surface area contributed by atoms with E-state index in [1.165, 1.54) is 0 Å². The smallest absolute Gasteiger partial charge is 0.305 e. The van der Waals surface area contributed by atoms with Gasteiger partial charge >= 0.3 is 11.9 Å². The Labute approximate surface area is 108 Å². The zero-order valence-electron chi connectivity index (χ0n) is 10.9. The number of unbranched alkanes of at least 4 members (excludes halogenated alkanes) is 2. The molecule has 0 bridgehead atoms. The first-order valence-electron chi connectivity index (χ1n) is 6.42. The highest BCUT2D eigenvalue weighted by atomic mass is 16.6. The maximum Gasteiger partial charge on any atom is 0.305 e. The predicted molar refractivity (Wildman–Crippen MR) is 67.7 cm³/mol. The largest absolute Gasteiger partial charge is 0.462 e. The van der Waals surface area contributed by atoms with Gasteiger partial charge in [0.25, 0.3) is 0 Å². The van der Waals surface area contributed by atoms with Crippen LogP contribution in [0.4, 0.5) is 0 Å². The topological polar surface area (TPSA) is 105 Å². The summed E-state index contributed by atoms with van der Waals surface area (Å²) in [5, 5.41) is 0. The molecule has 0 amide bonds. The highest BCUT2D eigenvalue weighted by molar-refractivity contribution is 5.70. The zero-order valence-corrected chi connectivity index (χ0v) is 10.9. The first-order chi connectivity index (χ1) is 8.70. The molecule has 18 heavy (non-hydrogen) atoms. The van der Waals surface area contributed by atoms with Crippen LogP contribution in [0.1, 0.15) is 38.5 Å². The van der Waals surface area contributed by atoms with E-state index in [9.17, 15) is 9.59 Å². The molecule has 0 spiro atoms. The van der Waals surface area contributed by atoms with E-state index in [-0.39, 0.29) is 25.2 Å². The van der Waals surface area contributed by atoms with E-state index in [1.807, 2.05) is 0 Å². The van der Waals surface area contributed by atoms with Gasteiger partial charge in [-0.25, -0.2) is 0 Å². The van der Waals surface area contributed by atoms with Crippen molar-refractivity contribution in [2.75, 3.05) is 26.3 Å². The van der Waals surface area contributed by atoms with Crippen LogP contribution in [0.5, 0.6) is 0 Å². The maximum absolute atomic E-state index is 11.2. The van der Waals surface area contributed by atoms with Crippen LogP contribution in [0.2, 0.25) is 0 Å². The van der Waals surface area contributed by atoms with Crippen molar-refractivity contribution < 1.29 is 19.1 Å². The Bertz CT molecular complexity index is 210. The van der Waals surface area contributed by atoms with Crippen molar-refractivity contribution in [1.29, 1.82) is 0 Å². The summed E-state index contributed by atoms with van der Waals surface area (Å²) >= 11 is 0. The number of rotatable bonds is 11. The highest BCUT2D eigenvalue weighted by Crippen LogP contribution is 1.98. The van der Waals surface area contributed by atoms with E-state index in [2.05, 4.69) is 0 Å². The molecule has 106 valence electrons. The minimum atomic E-state index is -0.275. The second-order valence-corrected chi connectivity index (χ2v) is 3.93. The van der Waals surface area contributed by atoms with Crippen LogP contribution in [0.3, 0.4) is 0 Å². The first-order valence-corrected chi connectivity index (χ1v) is 6.42. The Morgan fingerprint density at radius 3 is 1.44 bits per heavy atom. The molecule has 4 N–H and O–H groups in total. The molecule has 0 heterocycles. The third kappa shape index (κ3) is 11.3. The number of nitrogens with two attached hydrogens (primary N) is 2. The van der Waals surface area contributed by atoms with Crippen molar-refractivity contribution in [3.63, 3.8) is 0 Å². The van der Waals surface area contributed by atoms with Gasteiger partial charge in [-0.3, -0.25) is 9.59 Å². The van der Waals surface area contributed by atoms with Gasteiger partial charge in [-0.2, -0.15) is 0 Å². The van der Waals surface area contributed by atoms with Gasteiger partial charge in [0.15, 0.2) is 0 Å². The van der Waals surface area contributed by atoms with Crippen LogP contribution >= 0.6 is 0 Å². The summed E-state index contributed by atoms with van der Waals surface area (Å²) in [6.07, 6.45) is 3.81. The summed E-state index contributed by atoms with van der Waals surface area (Å²) in [4.78, 5) is 22.3. The number of carbonyl (C=O) groups is 2. The fourth-order valence-corrected chi connectivity index (χ4v) is 1.28. The van der Waals surface area contributed by atoms with Crippen LogP contribution in [-0.4, -0.2) is 38.2 Å². The van der Waals surface area contributed by atoms with Crippen LogP contribution in [-0.2, 0) is 19.1 Å². The standard InChI is InChI=1S/C12H24N2O4/c13-7-3-1-5-11(15)17-9-10-18-12(16)6-2-4-8-14/h1-10,13-14H2. The van der Waals surface area contributed by atoms with E-state index >= 15 is 0 Å². The number of hydrogen-bond acceptors (Lipinski definition) is 6. The molecule has 0 aliphatic heterocycles. The Kier molecular flexibility index (Phi) is 11.5. The lowest BCUT2D eigenvalue weighted by Crippen LogP contribution is -2.14. The summed E-state index contributed by atoms with van der Waals surface area (Å²) in [6.45, 7) is 1.38. The molecule has 0 aromatic rings. The van der Waals surface area contributed by atoms with Gasteiger partial charge in [0.05, 0.1) is 0 Å². The van der Waals surface area contributed by atoms with Crippen molar-refractivity contribution in [3.8, 4) is 0 Å². The Balaban J connectivity index is 3.32. The van der Waals surface area contributed by atoms with E-state index in [1.54, 1.807) is 0 Å². The summed E-state index contributed by atoms with van der Waals surface area (Å²) in [7, 11) is 0. The van der Waals surface area contributed by atoms with Crippen LogP contribution < -0.4 is 11.5 Å². The average Bonchev–Trinajstić information content (AvgIpc) is 2.35. The molecule has 0 saturated heterocycles. The van der Waals surface area contributed by atoms with Gasteiger partial charge in [-0.15, -0.1) is 0 Å². The molecule has 0 saturated carbocycles. The molecule has 0 atom stereocenters. The molecular formula is C12H24N2O4. The molecular weight excluding hydrogens is 236 g/mol. The molecule has 6 heteroatoms. The number of ether oxygens (including phenoxy) is 2. The van der Waals surface area contributed by atoms with Crippen molar-refractivity contribution in [2.24, 2.45) is 11.5 Å². The van der Waals surface area contributed by atoms with E-state index in [4.69, 9.17) is 20.9 Å². The number of carbonyl (C=O) groups excluding carboxylic acids is 2. The lowest BCUT2D eigenvalue weighted by Gasteiger charge is -2.06. The fraction of sp³-hybridized carbons (Fsp3) is 0.833. The quantitative estimate of drug-likeness (QED) is 0.410. The monoisotopic (exact) mass is 260 g/mol. The zero-order chi connectivity index (χ0) is 13.6. The first kappa shape index (κ1) is 16.9. The molecule has 0 rings (SSSR count). The molecule has 0 unspecified atom stereocenters. The van der Waals surface area contributed by atoms with Gasteiger partial charge in [0, 0.05) is 12.8 Å². The second kappa shape index (κ2) is 12.3. The van der Waals surface area contributed by atoms with Crippen LogP contribution in [0.25, 0.3) is 0 Å². The normalized spacial score (nSPS) is 10.1. The fourth-order valence-electron chi connectivity index (χ4n) is 1.28. The van der Waals surface area contributed by atoms with Crippen molar-refractivity contribution >= 4 is 11.9 Å². The Morgan fingerprint density at radius 2 is 1.11 bits per heavy atom. The summed E-state index contributed by atoms with van der Waals surface area (Å²) in [5.74, 6) is -0.551. The summed E-state index contributed by atoms with van der Waals surface area (Å²) < 4.78 is 9.78. The lowest BCUT2D eigenvalue weighted by atomic mass is 10.2. The molecule has 0 aromatic carbocycles. The third-order valence-electron chi connectivity index (χ3n) is 2.28. The van der Waals surface area contributed by atoms with Gasteiger partial charge in [-0.05, 0) is 38.8 Å². The summed E-state index contributed by atoms with van der Waals surface area (Å²) in [5.41, 5.74) is 10.6. The average molecular weight is 260 g/mol. The predicted octanol–water partition coefficient (Wildman–Crippen LogP) is 0.331. The molecule has 0 fully saturated rings. The third-order valence-corrected chi connectivity index (χ3v) is 2.28. The molecule has 0 aliphatic rings. The molecule has 0 aliphatic carbocycles. The maximum atomic E-state index is 11.2. The van der Waals surface area contributed by atoms with Gasteiger partial charge < -0.3 is 20.9 Å². The minimum absolute atomic E-state index is 0.115. The van der Waals surface area contributed by atoms with E-state index < -0.39 is 0 Å². The summed E-state index contributed by atoms with van der Waals surface area (Å²) in [6, 6.07) is 0.